The van der Waals surface area contributed by atoms with Gasteiger partial charge in [0.1, 0.15) is 0 Å². The summed E-state index contributed by atoms with van der Waals surface area (Å²) in [6.07, 6.45) is -0.141. The van der Waals surface area contributed by atoms with Crippen LogP contribution in [0, 0.1) is 17.8 Å². The zero-order valence-electron chi connectivity index (χ0n) is 8.94. The quantitative estimate of drug-likeness (QED) is 0.562. The van der Waals surface area contributed by atoms with Gasteiger partial charge in [0.15, 0.2) is 0 Å². The molecule has 3 N–H and O–H groups in total. The lowest BCUT2D eigenvalue weighted by Gasteiger charge is -2.14. The second-order valence-corrected chi connectivity index (χ2v) is 4.48. The molecular weight excluding hydrogens is 230 g/mol. The van der Waals surface area contributed by atoms with E-state index in [1.165, 1.54) is 4.90 Å². The summed E-state index contributed by atoms with van der Waals surface area (Å²) in [7, 11) is 0. The largest absolute Gasteiger partial charge is 0.481 e. The molecule has 3 unspecified atom stereocenters. The van der Waals surface area contributed by atoms with Gasteiger partial charge in [-0.2, -0.15) is 0 Å². The molecule has 1 saturated carbocycles. The fourth-order valence-electron chi connectivity index (χ4n) is 2.39. The van der Waals surface area contributed by atoms with E-state index in [9.17, 15) is 19.5 Å². The molecule has 2 aliphatic rings. The summed E-state index contributed by atoms with van der Waals surface area (Å²) in [5, 5.41) is 26.9. The summed E-state index contributed by atoms with van der Waals surface area (Å²) in [5.41, 5.74) is 0. The van der Waals surface area contributed by atoms with E-state index in [1.807, 2.05) is 0 Å². The summed E-state index contributed by atoms with van der Waals surface area (Å²) in [6, 6.07) is 0. The zero-order valence-corrected chi connectivity index (χ0v) is 8.94. The number of aliphatic hydroxyl groups excluding tert-OH is 1. The minimum absolute atomic E-state index is 0.161. The van der Waals surface area contributed by atoms with Crippen molar-refractivity contribution in [1.29, 1.82) is 0 Å². The molecule has 7 heteroatoms. The summed E-state index contributed by atoms with van der Waals surface area (Å²) < 4.78 is 0. The van der Waals surface area contributed by atoms with Crippen LogP contribution in [0.1, 0.15) is 6.42 Å². The van der Waals surface area contributed by atoms with E-state index in [4.69, 9.17) is 10.2 Å². The average molecular weight is 243 g/mol. The Morgan fingerprint density at radius 3 is 1.88 bits per heavy atom. The fourth-order valence-corrected chi connectivity index (χ4v) is 2.39. The normalized spacial score (nSPS) is 35.7. The first-order valence-electron chi connectivity index (χ1n) is 5.36. The third-order valence-electron chi connectivity index (χ3n) is 3.35. The number of amides is 1. The van der Waals surface area contributed by atoms with Crippen molar-refractivity contribution < 1.29 is 29.7 Å². The first-order valence-corrected chi connectivity index (χ1v) is 5.36. The number of aliphatic carboxylic acids is 2. The topological polar surface area (TPSA) is 115 Å². The van der Waals surface area contributed by atoms with Crippen molar-refractivity contribution in [1.82, 2.24) is 4.90 Å². The number of aliphatic hydroxyl groups is 1. The van der Waals surface area contributed by atoms with Gasteiger partial charge in [-0.1, -0.05) is 0 Å². The Morgan fingerprint density at radius 2 is 1.53 bits per heavy atom. The van der Waals surface area contributed by atoms with Crippen LogP contribution in [0.25, 0.3) is 0 Å². The zero-order chi connectivity index (χ0) is 12.7. The summed E-state index contributed by atoms with van der Waals surface area (Å²) in [6.45, 7) is 0.517. The highest BCUT2D eigenvalue weighted by atomic mass is 16.4. The number of hydrogen-bond acceptors (Lipinski definition) is 4. The summed E-state index contributed by atoms with van der Waals surface area (Å²) in [4.78, 5) is 34.8. The molecule has 1 amide bonds. The second kappa shape index (κ2) is 3.99. The monoisotopic (exact) mass is 243 g/mol. The predicted octanol–water partition coefficient (Wildman–Crippen LogP) is -1.39. The molecule has 0 bridgehead atoms. The molecule has 3 atom stereocenters. The van der Waals surface area contributed by atoms with E-state index in [-0.39, 0.29) is 6.54 Å². The number of nitrogens with zero attached hydrogens (tertiary/aromatic N) is 1. The Hall–Kier alpha value is -1.63. The van der Waals surface area contributed by atoms with Crippen LogP contribution in [-0.4, -0.2) is 57.3 Å². The number of carboxylic acid groups (broad SMARTS) is 2. The van der Waals surface area contributed by atoms with Gasteiger partial charge in [0.05, 0.1) is 23.9 Å². The van der Waals surface area contributed by atoms with Crippen LogP contribution in [-0.2, 0) is 14.4 Å². The third kappa shape index (κ3) is 1.97. The van der Waals surface area contributed by atoms with Gasteiger partial charge >= 0.3 is 11.9 Å². The third-order valence-corrected chi connectivity index (χ3v) is 3.35. The molecule has 2 rings (SSSR count). The van der Waals surface area contributed by atoms with Crippen LogP contribution in [0.5, 0.6) is 0 Å². The maximum atomic E-state index is 11.9. The van der Waals surface area contributed by atoms with Gasteiger partial charge < -0.3 is 20.2 Å². The molecule has 0 aromatic heterocycles. The van der Waals surface area contributed by atoms with E-state index >= 15 is 0 Å². The van der Waals surface area contributed by atoms with Crippen molar-refractivity contribution in [3.8, 4) is 0 Å². The Morgan fingerprint density at radius 1 is 1.00 bits per heavy atom. The lowest BCUT2D eigenvalue weighted by molar-refractivity contribution is -0.144. The standard InChI is InChI=1S/C10H13NO6/c12-4-1-2-11(3-4)8(13)5-6(9(14)15)7(5)10(16)17/h4-7,12H,1-3H2,(H,14,15)(H,16,17). The van der Waals surface area contributed by atoms with E-state index in [0.29, 0.717) is 13.0 Å². The highest BCUT2D eigenvalue weighted by Crippen LogP contribution is 2.48. The van der Waals surface area contributed by atoms with Crippen LogP contribution in [0.15, 0.2) is 0 Å². The molecule has 94 valence electrons. The maximum Gasteiger partial charge on any atom is 0.308 e. The first kappa shape index (κ1) is 11.8. The number of carbonyl (C=O) groups is 3. The molecule has 1 saturated heterocycles. The van der Waals surface area contributed by atoms with Crippen molar-refractivity contribution in [3.05, 3.63) is 0 Å². The highest BCUT2D eigenvalue weighted by molar-refractivity contribution is 5.98. The SMILES string of the molecule is O=C(O)C1C(C(=O)O)C1C(=O)N1CCC(O)C1. The molecule has 1 heterocycles. The first-order chi connectivity index (χ1) is 7.93. The molecule has 1 aliphatic heterocycles. The molecule has 1 aliphatic carbocycles. The van der Waals surface area contributed by atoms with Gasteiger partial charge in [-0.3, -0.25) is 14.4 Å². The molecule has 0 spiro atoms. The van der Waals surface area contributed by atoms with Crippen LogP contribution in [0.3, 0.4) is 0 Å². The van der Waals surface area contributed by atoms with E-state index in [2.05, 4.69) is 0 Å². The van der Waals surface area contributed by atoms with Crippen LogP contribution in [0.4, 0.5) is 0 Å². The Labute approximate surface area is 96.6 Å². The number of carbonyl (C=O) groups excluding carboxylic acids is 1. The Balaban J connectivity index is 2.05. The second-order valence-electron chi connectivity index (χ2n) is 4.48. The molecule has 0 aromatic carbocycles. The molecular formula is C10H13NO6. The maximum absolute atomic E-state index is 11.9. The van der Waals surface area contributed by atoms with Crippen molar-refractivity contribution in [2.24, 2.45) is 17.8 Å². The Bertz CT molecular complexity index is 361. The highest BCUT2D eigenvalue weighted by Gasteiger charge is 2.64. The van der Waals surface area contributed by atoms with E-state index < -0.39 is 41.7 Å². The number of carboxylic acids is 2. The summed E-state index contributed by atoms with van der Waals surface area (Å²) in [5.74, 6) is -6.21. The lowest BCUT2D eigenvalue weighted by atomic mass is 10.3. The van der Waals surface area contributed by atoms with E-state index in [0.717, 1.165) is 0 Å². The van der Waals surface area contributed by atoms with Gasteiger partial charge in [0.25, 0.3) is 0 Å². The van der Waals surface area contributed by atoms with Crippen LogP contribution < -0.4 is 0 Å². The fraction of sp³-hybridized carbons (Fsp3) is 0.700. The van der Waals surface area contributed by atoms with Crippen molar-refractivity contribution in [2.75, 3.05) is 13.1 Å². The molecule has 17 heavy (non-hydrogen) atoms. The van der Waals surface area contributed by atoms with Gasteiger partial charge in [-0.25, -0.2) is 0 Å². The van der Waals surface area contributed by atoms with Crippen LogP contribution in [0.2, 0.25) is 0 Å². The van der Waals surface area contributed by atoms with Crippen molar-refractivity contribution in [2.45, 2.75) is 12.5 Å². The van der Waals surface area contributed by atoms with Crippen molar-refractivity contribution in [3.63, 3.8) is 0 Å². The number of hydrogen-bond donors (Lipinski definition) is 3. The molecule has 0 aromatic rings. The number of likely N-dealkylation sites (tertiary alicyclic amines) is 1. The molecule has 7 nitrogen and oxygen atoms in total. The van der Waals surface area contributed by atoms with Gasteiger partial charge in [0.2, 0.25) is 5.91 Å². The minimum Gasteiger partial charge on any atom is -0.481 e. The smallest absolute Gasteiger partial charge is 0.308 e. The predicted molar refractivity (Wildman–Crippen MR) is 52.9 cm³/mol. The minimum atomic E-state index is -1.25. The van der Waals surface area contributed by atoms with Gasteiger partial charge in [-0.05, 0) is 6.42 Å². The Kier molecular flexibility index (Phi) is 2.78. The molecule has 2 fully saturated rings. The number of β-amino-alcohol motifs (C(OH)–C–C–N with tert-alkyl or cyclic N) is 1. The van der Waals surface area contributed by atoms with Gasteiger partial charge in [0, 0.05) is 13.1 Å². The average Bonchev–Trinajstić information content (AvgIpc) is 2.86. The summed E-state index contributed by atoms with van der Waals surface area (Å²) >= 11 is 0. The van der Waals surface area contributed by atoms with E-state index in [1.54, 1.807) is 0 Å². The number of rotatable bonds is 3. The van der Waals surface area contributed by atoms with Crippen LogP contribution >= 0.6 is 0 Å². The van der Waals surface area contributed by atoms with Gasteiger partial charge in [-0.15, -0.1) is 0 Å². The van der Waals surface area contributed by atoms with Crippen molar-refractivity contribution >= 4 is 17.8 Å². The molecule has 0 radical (unpaired) electrons. The lowest BCUT2D eigenvalue weighted by Crippen LogP contribution is -2.32.